The van der Waals surface area contributed by atoms with E-state index in [0.717, 1.165) is 29.8 Å². The second kappa shape index (κ2) is 6.82. The van der Waals surface area contributed by atoms with E-state index < -0.39 is 0 Å². The summed E-state index contributed by atoms with van der Waals surface area (Å²) < 4.78 is 13.5. The van der Waals surface area contributed by atoms with Crippen molar-refractivity contribution in [1.82, 2.24) is 10.3 Å². The third-order valence-electron chi connectivity index (χ3n) is 3.20. The molecule has 1 atom stereocenters. The first kappa shape index (κ1) is 14.9. The zero-order valence-electron chi connectivity index (χ0n) is 11.7. The Hall–Kier alpha value is -1.45. The van der Waals surface area contributed by atoms with Crippen molar-refractivity contribution in [2.24, 2.45) is 0 Å². The summed E-state index contributed by atoms with van der Waals surface area (Å²) in [6.07, 6.45) is 2.62. The van der Waals surface area contributed by atoms with Gasteiger partial charge in [0.2, 0.25) is 0 Å². The van der Waals surface area contributed by atoms with Gasteiger partial charge >= 0.3 is 0 Å². The molecule has 0 aliphatic heterocycles. The fraction of sp³-hybridized carbons (Fsp3) is 0.312. The molecule has 2 aromatic rings. The van der Waals surface area contributed by atoms with Crippen molar-refractivity contribution in [2.45, 2.75) is 26.3 Å². The van der Waals surface area contributed by atoms with Crippen LogP contribution in [0.5, 0.6) is 0 Å². The molecule has 0 fully saturated rings. The van der Waals surface area contributed by atoms with Crippen molar-refractivity contribution < 1.29 is 4.39 Å². The van der Waals surface area contributed by atoms with Crippen LogP contribution in [0.1, 0.15) is 36.2 Å². The summed E-state index contributed by atoms with van der Waals surface area (Å²) in [6, 6.07) is 8.40. The van der Waals surface area contributed by atoms with Crippen molar-refractivity contribution in [3.8, 4) is 0 Å². The molecule has 0 saturated carbocycles. The standard InChI is InChI=1S/C16H18ClFN2/c1-3-8-19-16(15-7-5-12(17)10-20-15)14-9-13(18)6-4-11(14)2/h4-7,9-10,16,19H,3,8H2,1-2H3. The average Bonchev–Trinajstić information content (AvgIpc) is 2.44. The van der Waals surface area contributed by atoms with Gasteiger partial charge in [-0.3, -0.25) is 4.98 Å². The number of hydrogen-bond acceptors (Lipinski definition) is 2. The summed E-state index contributed by atoms with van der Waals surface area (Å²) in [5.74, 6) is -0.233. The smallest absolute Gasteiger partial charge is 0.123 e. The zero-order valence-corrected chi connectivity index (χ0v) is 12.4. The minimum absolute atomic E-state index is 0.122. The molecule has 0 spiro atoms. The van der Waals surface area contributed by atoms with Gasteiger partial charge in [0, 0.05) is 6.20 Å². The Morgan fingerprint density at radius 1 is 1.30 bits per heavy atom. The van der Waals surface area contributed by atoms with Crippen LogP contribution in [0, 0.1) is 12.7 Å². The number of rotatable bonds is 5. The molecule has 0 aliphatic carbocycles. The lowest BCUT2D eigenvalue weighted by atomic mass is 9.98. The van der Waals surface area contributed by atoms with E-state index in [4.69, 9.17) is 11.6 Å². The number of benzene rings is 1. The van der Waals surface area contributed by atoms with Gasteiger partial charge in [0.05, 0.1) is 16.8 Å². The molecular weight excluding hydrogens is 275 g/mol. The lowest BCUT2D eigenvalue weighted by Gasteiger charge is -2.20. The Kier molecular flexibility index (Phi) is 5.10. The van der Waals surface area contributed by atoms with Crippen LogP contribution in [0.3, 0.4) is 0 Å². The third kappa shape index (κ3) is 3.56. The third-order valence-corrected chi connectivity index (χ3v) is 3.42. The average molecular weight is 293 g/mol. The minimum atomic E-state index is -0.233. The molecular formula is C16H18ClFN2. The number of nitrogens with one attached hydrogen (secondary N) is 1. The van der Waals surface area contributed by atoms with Crippen molar-refractivity contribution >= 4 is 11.6 Å². The number of nitrogens with zero attached hydrogens (tertiary/aromatic N) is 1. The van der Waals surface area contributed by atoms with Gasteiger partial charge in [-0.1, -0.05) is 24.6 Å². The molecule has 0 saturated heterocycles. The van der Waals surface area contributed by atoms with E-state index in [2.05, 4.69) is 17.2 Å². The molecule has 0 aliphatic rings. The quantitative estimate of drug-likeness (QED) is 0.890. The fourth-order valence-electron chi connectivity index (χ4n) is 2.14. The highest BCUT2D eigenvalue weighted by molar-refractivity contribution is 6.30. The Bertz CT molecular complexity index is 569. The summed E-state index contributed by atoms with van der Waals surface area (Å²) in [7, 11) is 0. The monoisotopic (exact) mass is 292 g/mol. The SMILES string of the molecule is CCCNC(c1ccc(Cl)cn1)c1cc(F)ccc1C. The van der Waals surface area contributed by atoms with Crippen LogP contribution in [0.25, 0.3) is 0 Å². The first-order valence-corrected chi connectivity index (χ1v) is 7.10. The van der Waals surface area contributed by atoms with Crippen LogP contribution in [0.4, 0.5) is 4.39 Å². The summed E-state index contributed by atoms with van der Waals surface area (Å²) in [4.78, 5) is 4.36. The second-order valence-corrected chi connectivity index (χ2v) is 5.23. The van der Waals surface area contributed by atoms with Crippen molar-refractivity contribution in [2.75, 3.05) is 6.54 Å². The molecule has 2 rings (SSSR count). The maximum Gasteiger partial charge on any atom is 0.123 e. The highest BCUT2D eigenvalue weighted by atomic mass is 35.5. The van der Waals surface area contributed by atoms with Gasteiger partial charge in [0.25, 0.3) is 0 Å². The molecule has 1 N–H and O–H groups in total. The highest BCUT2D eigenvalue weighted by Crippen LogP contribution is 2.25. The number of halogens is 2. The van der Waals surface area contributed by atoms with Gasteiger partial charge in [0.15, 0.2) is 0 Å². The molecule has 0 radical (unpaired) electrons. The number of pyridine rings is 1. The van der Waals surface area contributed by atoms with Gasteiger partial charge in [-0.2, -0.15) is 0 Å². The minimum Gasteiger partial charge on any atom is -0.305 e. The molecule has 1 aromatic heterocycles. The predicted molar refractivity (Wildman–Crippen MR) is 80.5 cm³/mol. The van der Waals surface area contributed by atoms with Crippen molar-refractivity contribution in [1.29, 1.82) is 0 Å². The Balaban J connectivity index is 2.41. The first-order chi connectivity index (χ1) is 9.61. The zero-order chi connectivity index (χ0) is 14.5. The molecule has 0 bridgehead atoms. The summed E-state index contributed by atoms with van der Waals surface area (Å²) in [5.41, 5.74) is 2.79. The molecule has 0 amide bonds. The van der Waals surface area contributed by atoms with Gasteiger partial charge < -0.3 is 5.32 Å². The highest BCUT2D eigenvalue weighted by Gasteiger charge is 2.17. The normalized spacial score (nSPS) is 12.4. The van der Waals surface area contributed by atoms with Crippen molar-refractivity contribution in [3.05, 3.63) is 64.2 Å². The number of aromatic nitrogens is 1. The van der Waals surface area contributed by atoms with Crippen LogP contribution < -0.4 is 5.32 Å². The number of hydrogen-bond donors (Lipinski definition) is 1. The van der Waals surface area contributed by atoms with Crippen LogP contribution in [-0.2, 0) is 0 Å². The molecule has 4 heteroatoms. The van der Waals surface area contributed by atoms with Gasteiger partial charge in [-0.25, -0.2) is 4.39 Å². The molecule has 1 heterocycles. The van der Waals surface area contributed by atoms with Crippen LogP contribution in [-0.4, -0.2) is 11.5 Å². The Morgan fingerprint density at radius 2 is 2.10 bits per heavy atom. The molecule has 1 unspecified atom stereocenters. The predicted octanol–water partition coefficient (Wildman–Crippen LogP) is 4.27. The summed E-state index contributed by atoms with van der Waals surface area (Å²) in [5, 5.41) is 4.01. The maximum absolute atomic E-state index is 13.5. The molecule has 106 valence electrons. The molecule has 1 aromatic carbocycles. The maximum atomic E-state index is 13.5. The van der Waals surface area contributed by atoms with E-state index >= 15 is 0 Å². The van der Waals surface area contributed by atoms with Gasteiger partial charge in [-0.15, -0.1) is 0 Å². The largest absolute Gasteiger partial charge is 0.305 e. The van der Waals surface area contributed by atoms with Crippen LogP contribution >= 0.6 is 11.6 Å². The Morgan fingerprint density at radius 3 is 2.75 bits per heavy atom. The fourth-order valence-corrected chi connectivity index (χ4v) is 2.25. The van der Waals surface area contributed by atoms with E-state index in [9.17, 15) is 4.39 Å². The molecule has 2 nitrogen and oxygen atoms in total. The second-order valence-electron chi connectivity index (χ2n) is 4.79. The lowest BCUT2D eigenvalue weighted by molar-refractivity contribution is 0.573. The Labute approximate surface area is 124 Å². The lowest BCUT2D eigenvalue weighted by Crippen LogP contribution is -2.24. The van der Waals surface area contributed by atoms with Crippen LogP contribution in [0.15, 0.2) is 36.5 Å². The summed E-state index contributed by atoms with van der Waals surface area (Å²) >= 11 is 5.88. The van der Waals surface area contributed by atoms with E-state index in [-0.39, 0.29) is 11.9 Å². The van der Waals surface area contributed by atoms with E-state index in [1.807, 2.05) is 13.0 Å². The summed E-state index contributed by atoms with van der Waals surface area (Å²) in [6.45, 7) is 4.91. The van der Waals surface area contributed by atoms with E-state index in [1.165, 1.54) is 6.07 Å². The van der Waals surface area contributed by atoms with E-state index in [1.54, 1.807) is 24.4 Å². The number of aryl methyl sites for hydroxylation is 1. The first-order valence-electron chi connectivity index (χ1n) is 6.72. The van der Waals surface area contributed by atoms with Gasteiger partial charge in [0.1, 0.15) is 5.82 Å². The van der Waals surface area contributed by atoms with Crippen molar-refractivity contribution in [3.63, 3.8) is 0 Å². The van der Waals surface area contributed by atoms with E-state index in [0.29, 0.717) is 5.02 Å². The van der Waals surface area contributed by atoms with Gasteiger partial charge in [-0.05, 0) is 55.3 Å². The van der Waals surface area contributed by atoms with Crippen LogP contribution in [0.2, 0.25) is 5.02 Å². The molecule has 20 heavy (non-hydrogen) atoms. The topological polar surface area (TPSA) is 24.9 Å².